The van der Waals surface area contributed by atoms with Crippen LogP contribution in [0.4, 0.5) is 0 Å². The van der Waals surface area contributed by atoms with Crippen molar-refractivity contribution in [3.05, 3.63) is 0 Å². The number of carbonyl (C=O) groups is 2. The Morgan fingerprint density at radius 2 is 2.31 bits per heavy atom. The first kappa shape index (κ1) is 11.6. The second-order valence-electron chi connectivity index (χ2n) is 4.68. The molecule has 1 saturated heterocycles. The fourth-order valence-corrected chi connectivity index (χ4v) is 2.24. The van der Waals surface area contributed by atoms with Gasteiger partial charge in [0, 0.05) is 6.42 Å². The highest BCUT2D eigenvalue weighted by Gasteiger charge is 2.51. The molecular weight excluding hydrogens is 208 g/mol. The molecule has 0 N–H and O–H groups in total. The molecule has 2 fully saturated rings. The summed E-state index contributed by atoms with van der Waals surface area (Å²) >= 11 is 0. The van der Waals surface area contributed by atoms with E-state index in [0.29, 0.717) is 32.0 Å². The Kier molecular flexibility index (Phi) is 3.28. The van der Waals surface area contributed by atoms with Crippen LogP contribution in [0.2, 0.25) is 0 Å². The number of hydrogen-bond acceptors (Lipinski definition) is 4. The topological polar surface area (TPSA) is 52.6 Å². The van der Waals surface area contributed by atoms with Gasteiger partial charge in [-0.15, -0.1) is 0 Å². The molecule has 4 heteroatoms. The zero-order valence-corrected chi connectivity index (χ0v) is 9.66. The van der Waals surface area contributed by atoms with E-state index in [-0.39, 0.29) is 18.4 Å². The van der Waals surface area contributed by atoms with Crippen LogP contribution in [0.25, 0.3) is 0 Å². The quantitative estimate of drug-likeness (QED) is 0.536. The number of Topliss-reactive ketones (excluding diaryl/α,β-unsaturated/α-hetero) is 1. The van der Waals surface area contributed by atoms with E-state index in [1.807, 2.05) is 0 Å². The lowest BCUT2D eigenvalue weighted by Crippen LogP contribution is -2.48. The Balaban J connectivity index is 2.15. The minimum Gasteiger partial charge on any atom is -0.465 e. The largest absolute Gasteiger partial charge is 0.465 e. The molecule has 16 heavy (non-hydrogen) atoms. The lowest BCUT2D eigenvalue weighted by atomic mass is 9.76. The number of ketones is 1. The first-order chi connectivity index (χ1) is 7.69. The summed E-state index contributed by atoms with van der Waals surface area (Å²) in [5.74, 6) is 0.130. The molecule has 0 aromatic rings. The monoisotopic (exact) mass is 226 g/mol. The van der Waals surface area contributed by atoms with Gasteiger partial charge in [-0.05, 0) is 19.3 Å². The summed E-state index contributed by atoms with van der Waals surface area (Å²) in [6, 6.07) is 0. The molecule has 2 aliphatic rings. The van der Waals surface area contributed by atoms with Crippen LogP contribution in [0.3, 0.4) is 0 Å². The van der Waals surface area contributed by atoms with Crippen LogP contribution in [0.1, 0.15) is 32.6 Å². The molecule has 0 amide bonds. The van der Waals surface area contributed by atoms with Gasteiger partial charge in [0.05, 0.1) is 19.8 Å². The molecule has 1 unspecified atom stereocenters. The van der Waals surface area contributed by atoms with E-state index in [9.17, 15) is 9.59 Å². The van der Waals surface area contributed by atoms with Gasteiger partial charge >= 0.3 is 5.97 Å². The third-order valence-electron chi connectivity index (χ3n) is 3.36. The minimum atomic E-state index is -0.991. The number of hydrogen-bond donors (Lipinski definition) is 0. The predicted octanol–water partition coefficient (Wildman–Crippen LogP) is 1.33. The van der Waals surface area contributed by atoms with Gasteiger partial charge in [0.1, 0.15) is 5.41 Å². The summed E-state index contributed by atoms with van der Waals surface area (Å²) < 4.78 is 10.4. The second kappa shape index (κ2) is 4.53. The molecule has 4 nitrogen and oxygen atoms in total. The van der Waals surface area contributed by atoms with Gasteiger partial charge in [0.15, 0.2) is 5.78 Å². The predicted molar refractivity (Wildman–Crippen MR) is 56.9 cm³/mol. The SMILES string of the molecule is CCOC(=O)C1(CC2CC2)COCCC1=O. The third-order valence-corrected chi connectivity index (χ3v) is 3.36. The van der Waals surface area contributed by atoms with Gasteiger partial charge in [-0.1, -0.05) is 12.8 Å². The second-order valence-corrected chi connectivity index (χ2v) is 4.68. The summed E-state index contributed by atoms with van der Waals surface area (Å²) in [6.45, 7) is 2.72. The Morgan fingerprint density at radius 1 is 1.56 bits per heavy atom. The average molecular weight is 226 g/mol. The van der Waals surface area contributed by atoms with Crippen molar-refractivity contribution in [2.24, 2.45) is 11.3 Å². The Bertz CT molecular complexity index is 295. The molecular formula is C12H18O4. The molecule has 0 spiro atoms. The highest BCUT2D eigenvalue weighted by atomic mass is 16.5. The fourth-order valence-electron chi connectivity index (χ4n) is 2.24. The summed E-state index contributed by atoms with van der Waals surface area (Å²) in [4.78, 5) is 24.0. The van der Waals surface area contributed by atoms with Crippen molar-refractivity contribution in [1.82, 2.24) is 0 Å². The molecule has 0 bridgehead atoms. The number of esters is 1. The van der Waals surface area contributed by atoms with Crippen molar-refractivity contribution in [1.29, 1.82) is 0 Å². The maximum absolute atomic E-state index is 12.0. The standard InChI is InChI=1S/C12H18O4/c1-2-16-11(14)12(7-9-3-4-9)8-15-6-5-10(12)13/h9H,2-8H2,1H3. The maximum Gasteiger partial charge on any atom is 0.322 e. The van der Waals surface area contributed by atoms with Crippen molar-refractivity contribution in [2.45, 2.75) is 32.6 Å². The van der Waals surface area contributed by atoms with E-state index in [2.05, 4.69) is 0 Å². The van der Waals surface area contributed by atoms with Crippen LogP contribution < -0.4 is 0 Å². The minimum absolute atomic E-state index is 0.00380. The molecule has 0 aromatic carbocycles. The van der Waals surface area contributed by atoms with Crippen LogP contribution in [0.5, 0.6) is 0 Å². The Morgan fingerprint density at radius 3 is 2.88 bits per heavy atom. The van der Waals surface area contributed by atoms with Gasteiger partial charge in [-0.25, -0.2) is 0 Å². The zero-order valence-electron chi connectivity index (χ0n) is 9.66. The maximum atomic E-state index is 12.0. The van der Waals surface area contributed by atoms with Crippen LogP contribution in [0, 0.1) is 11.3 Å². The zero-order chi connectivity index (χ0) is 11.6. The molecule has 0 radical (unpaired) electrons. The molecule has 0 aromatic heterocycles. The van der Waals surface area contributed by atoms with E-state index < -0.39 is 5.41 Å². The lowest BCUT2D eigenvalue weighted by molar-refractivity contribution is -0.170. The van der Waals surface area contributed by atoms with Crippen LogP contribution in [-0.2, 0) is 19.1 Å². The summed E-state index contributed by atoms with van der Waals surface area (Å²) in [6.07, 6.45) is 3.19. The van der Waals surface area contributed by atoms with Gasteiger partial charge in [-0.2, -0.15) is 0 Å². The molecule has 1 aliphatic heterocycles. The van der Waals surface area contributed by atoms with Gasteiger partial charge in [0.25, 0.3) is 0 Å². The van der Waals surface area contributed by atoms with Crippen LogP contribution in [0.15, 0.2) is 0 Å². The highest BCUT2D eigenvalue weighted by molar-refractivity contribution is 6.04. The fraction of sp³-hybridized carbons (Fsp3) is 0.833. The van der Waals surface area contributed by atoms with E-state index in [1.165, 1.54) is 0 Å². The van der Waals surface area contributed by atoms with Gasteiger partial charge in [0.2, 0.25) is 0 Å². The van der Waals surface area contributed by atoms with Crippen LogP contribution in [-0.4, -0.2) is 31.6 Å². The van der Waals surface area contributed by atoms with Crippen LogP contribution >= 0.6 is 0 Å². The smallest absolute Gasteiger partial charge is 0.322 e. The van der Waals surface area contributed by atoms with E-state index >= 15 is 0 Å². The molecule has 1 aliphatic carbocycles. The summed E-state index contributed by atoms with van der Waals surface area (Å²) in [5.41, 5.74) is -0.991. The molecule has 2 rings (SSSR count). The van der Waals surface area contributed by atoms with E-state index in [4.69, 9.17) is 9.47 Å². The highest BCUT2D eigenvalue weighted by Crippen LogP contribution is 2.43. The first-order valence-electron chi connectivity index (χ1n) is 5.97. The average Bonchev–Trinajstić information content (AvgIpc) is 3.06. The molecule has 1 heterocycles. The first-order valence-corrected chi connectivity index (χ1v) is 5.97. The van der Waals surface area contributed by atoms with Crippen molar-refractivity contribution in [3.63, 3.8) is 0 Å². The number of ether oxygens (including phenoxy) is 2. The molecule has 1 saturated carbocycles. The lowest BCUT2D eigenvalue weighted by Gasteiger charge is -2.33. The van der Waals surface area contributed by atoms with E-state index in [0.717, 1.165) is 12.8 Å². The summed E-state index contributed by atoms with van der Waals surface area (Å²) in [5, 5.41) is 0. The van der Waals surface area contributed by atoms with Crippen molar-refractivity contribution >= 4 is 11.8 Å². The third kappa shape index (κ3) is 2.12. The normalized spacial score (nSPS) is 30.2. The van der Waals surface area contributed by atoms with Gasteiger partial charge in [-0.3, -0.25) is 9.59 Å². The van der Waals surface area contributed by atoms with E-state index in [1.54, 1.807) is 6.92 Å². The van der Waals surface area contributed by atoms with Crippen molar-refractivity contribution in [2.75, 3.05) is 19.8 Å². The number of carbonyl (C=O) groups excluding carboxylic acids is 2. The summed E-state index contributed by atoms with van der Waals surface area (Å²) in [7, 11) is 0. The molecule has 1 atom stereocenters. The van der Waals surface area contributed by atoms with Crippen molar-refractivity contribution < 1.29 is 19.1 Å². The Labute approximate surface area is 95.3 Å². The van der Waals surface area contributed by atoms with Crippen molar-refractivity contribution in [3.8, 4) is 0 Å². The number of rotatable bonds is 4. The van der Waals surface area contributed by atoms with Gasteiger partial charge < -0.3 is 9.47 Å². The Hall–Kier alpha value is -0.900. The molecule has 90 valence electrons.